The molecular weight excluding hydrogens is 288 g/mol. The van der Waals surface area contributed by atoms with E-state index in [-0.39, 0.29) is 12.6 Å². The maximum atomic E-state index is 9.78. The van der Waals surface area contributed by atoms with Crippen LogP contribution >= 0.6 is 11.6 Å². The minimum absolute atomic E-state index is 0.00715. The minimum atomic E-state index is -0.00715. The molecule has 1 aliphatic heterocycles. The molecule has 0 spiro atoms. The van der Waals surface area contributed by atoms with Gasteiger partial charge in [-0.2, -0.15) is 0 Å². The molecule has 1 aromatic carbocycles. The molecule has 1 aliphatic rings. The Morgan fingerprint density at radius 3 is 2.95 bits per heavy atom. The number of hydrogen-bond donors (Lipinski definition) is 2. The summed E-state index contributed by atoms with van der Waals surface area (Å²) in [7, 11) is 0. The van der Waals surface area contributed by atoms with Gasteiger partial charge < -0.3 is 15.2 Å². The molecule has 21 heavy (non-hydrogen) atoms. The fourth-order valence-electron chi connectivity index (χ4n) is 2.73. The lowest BCUT2D eigenvalue weighted by molar-refractivity contribution is 0.0962. The van der Waals surface area contributed by atoms with E-state index in [0.717, 1.165) is 31.6 Å². The van der Waals surface area contributed by atoms with E-state index in [1.807, 2.05) is 18.2 Å². The van der Waals surface area contributed by atoms with Crippen LogP contribution in [0.15, 0.2) is 18.2 Å². The van der Waals surface area contributed by atoms with Crippen LogP contribution in [0.3, 0.4) is 0 Å². The first-order chi connectivity index (χ1) is 10.2. The van der Waals surface area contributed by atoms with E-state index < -0.39 is 0 Å². The third-order valence-electron chi connectivity index (χ3n) is 3.82. The van der Waals surface area contributed by atoms with Crippen molar-refractivity contribution >= 4 is 11.6 Å². The first kappa shape index (κ1) is 16.6. The summed E-state index contributed by atoms with van der Waals surface area (Å²) in [6.07, 6.45) is 0.954. The molecule has 1 heterocycles. The van der Waals surface area contributed by atoms with Gasteiger partial charge >= 0.3 is 0 Å². The van der Waals surface area contributed by atoms with Crippen LogP contribution in [-0.2, 0) is 0 Å². The largest absolute Gasteiger partial charge is 0.492 e. The van der Waals surface area contributed by atoms with Crippen molar-refractivity contribution in [1.29, 1.82) is 0 Å². The zero-order valence-corrected chi connectivity index (χ0v) is 13.6. The molecule has 1 fully saturated rings. The highest BCUT2D eigenvalue weighted by Crippen LogP contribution is 2.30. The lowest BCUT2D eigenvalue weighted by atomic mass is 10.0. The van der Waals surface area contributed by atoms with Crippen LogP contribution in [0.25, 0.3) is 0 Å². The molecule has 0 radical (unpaired) electrons. The second-order valence-electron chi connectivity index (χ2n) is 5.59. The van der Waals surface area contributed by atoms with Crippen molar-refractivity contribution in [2.75, 3.05) is 32.8 Å². The summed E-state index contributed by atoms with van der Waals surface area (Å²) >= 11 is 6.30. The Morgan fingerprint density at radius 1 is 1.52 bits per heavy atom. The molecule has 2 unspecified atom stereocenters. The molecule has 2 atom stereocenters. The second kappa shape index (κ2) is 7.99. The number of aliphatic hydroxyl groups excluding tert-OH is 1. The maximum absolute atomic E-state index is 9.78. The van der Waals surface area contributed by atoms with Gasteiger partial charge in [0.15, 0.2) is 0 Å². The number of nitrogens with one attached hydrogen (secondary N) is 1. The van der Waals surface area contributed by atoms with E-state index in [4.69, 9.17) is 16.3 Å². The zero-order valence-electron chi connectivity index (χ0n) is 12.8. The quantitative estimate of drug-likeness (QED) is 0.847. The van der Waals surface area contributed by atoms with Crippen LogP contribution in [0, 0.1) is 0 Å². The van der Waals surface area contributed by atoms with Gasteiger partial charge in [0.05, 0.1) is 24.3 Å². The van der Waals surface area contributed by atoms with Crippen molar-refractivity contribution in [2.45, 2.75) is 32.4 Å². The van der Waals surface area contributed by atoms with Crippen molar-refractivity contribution in [2.24, 2.45) is 0 Å². The van der Waals surface area contributed by atoms with Crippen LogP contribution in [0.1, 0.15) is 31.9 Å². The van der Waals surface area contributed by atoms with E-state index in [9.17, 15) is 5.11 Å². The summed E-state index contributed by atoms with van der Waals surface area (Å²) in [4.78, 5) is 2.30. The van der Waals surface area contributed by atoms with Gasteiger partial charge in [-0.1, -0.05) is 24.6 Å². The molecule has 2 rings (SSSR count). The third kappa shape index (κ3) is 4.33. The van der Waals surface area contributed by atoms with E-state index in [1.165, 1.54) is 0 Å². The van der Waals surface area contributed by atoms with Crippen LogP contribution in [0.5, 0.6) is 5.75 Å². The molecule has 0 aromatic heterocycles. The number of aliphatic hydroxyl groups is 1. The summed E-state index contributed by atoms with van der Waals surface area (Å²) in [5.74, 6) is 0.715. The van der Waals surface area contributed by atoms with Crippen molar-refractivity contribution in [3.05, 3.63) is 28.8 Å². The van der Waals surface area contributed by atoms with Gasteiger partial charge in [-0.05, 0) is 31.0 Å². The maximum Gasteiger partial charge on any atom is 0.137 e. The molecule has 0 saturated carbocycles. The van der Waals surface area contributed by atoms with Crippen LogP contribution in [0.2, 0.25) is 5.02 Å². The van der Waals surface area contributed by atoms with E-state index >= 15 is 0 Å². The van der Waals surface area contributed by atoms with Crippen molar-refractivity contribution < 1.29 is 9.84 Å². The summed E-state index contributed by atoms with van der Waals surface area (Å²) in [5, 5.41) is 13.8. The topological polar surface area (TPSA) is 44.7 Å². The molecule has 118 valence electrons. The molecule has 0 bridgehead atoms. The predicted octanol–water partition coefficient (Wildman–Crippen LogP) is 2.46. The lowest BCUT2D eigenvalue weighted by Crippen LogP contribution is -2.50. The number of nitrogens with zero attached hydrogens (tertiary/aromatic N) is 1. The van der Waals surface area contributed by atoms with E-state index in [2.05, 4.69) is 24.1 Å². The molecule has 5 heteroatoms. The zero-order chi connectivity index (χ0) is 15.2. The average Bonchev–Trinajstić information content (AvgIpc) is 2.47. The number of benzene rings is 1. The van der Waals surface area contributed by atoms with Gasteiger partial charge in [-0.3, -0.25) is 4.90 Å². The Bertz CT molecular complexity index is 456. The normalized spacial score (nSPS) is 21.2. The number of halogens is 1. The predicted molar refractivity (Wildman–Crippen MR) is 86.1 cm³/mol. The number of hydrogen-bond acceptors (Lipinski definition) is 4. The third-order valence-corrected chi connectivity index (χ3v) is 4.11. The van der Waals surface area contributed by atoms with Gasteiger partial charge in [-0.25, -0.2) is 0 Å². The van der Waals surface area contributed by atoms with Gasteiger partial charge in [0.25, 0.3) is 0 Å². The summed E-state index contributed by atoms with van der Waals surface area (Å²) in [6.45, 7) is 7.79. The number of rotatable bonds is 6. The highest BCUT2D eigenvalue weighted by molar-refractivity contribution is 6.32. The molecule has 1 aromatic rings. The first-order valence-electron chi connectivity index (χ1n) is 7.66. The summed E-state index contributed by atoms with van der Waals surface area (Å²) < 4.78 is 5.60. The van der Waals surface area contributed by atoms with Crippen molar-refractivity contribution in [3.63, 3.8) is 0 Å². The summed E-state index contributed by atoms with van der Waals surface area (Å²) in [5.41, 5.74) is 1.04. The monoisotopic (exact) mass is 312 g/mol. The Hall–Kier alpha value is -0.810. The number of piperazine rings is 1. The molecule has 0 amide bonds. The van der Waals surface area contributed by atoms with Gasteiger partial charge in [-0.15, -0.1) is 0 Å². The standard InChI is InChI=1S/C16H25ClN2O2/c1-3-8-21-16-5-4-13(9-14(16)17)15(11-20)19-7-6-18-12(2)10-19/h4-5,9,12,15,18,20H,3,6-8,10-11H2,1-2H3. The Balaban J connectivity index is 2.12. The molecular formula is C16H25ClN2O2. The molecule has 2 N–H and O–H groups in total. The highest BCUT2D eigenvalue weighted by Gasteiger charge is 2.24. The lowest BCUT2D eigenvalue weighted by Gasteiger charge is -2.37. The number of ether oxygens (including phenoxy) is 1. The van der Waals surface area contributed by atoms with Crippen molar-refractivity contribution in [3.8, 4) is 5.75 Å². The summed E-state index contributed by atoms with van der Waals surface area (Å²) in [6, 6.07) is 6.26. The van der Waals surface area contributed by atoms with E-state index in [0.29, 0.717) is 23.4 Å². The van der Waals surface area contributed by atoms with Gasteiger partial charge in [0.1, 0.15) is 5.75 Å². The van der Waals surface area contributed by atoms with Crippen LogP contribution in [-0.4, -0.2) is 48.9 Å². The van der Waals surface area contributed by atoms with Crippen LogP contribution in [0.4, 0.5) is 0 Å². The molecule has 1 saturated heterocycles. The van der Waals surface area contributed by atoms with Crippen LogP contribution < -0.4 is 10.1 Å². The Kier molecular flexibility index (Phi) is 6.30. The fourth-order valence-corrected chi connectivity index (χ4v) is 2.97. The SMILES string of the molecule is CCCOc1ccc(C(CO)N2CCNC(C)C2)cc1Cl. The molecule has 4 nitrogen and oxygen atoms in total. The molecule has 0 aliphatic carbocycles. The van der Waals surface area contributed by atoms with Crippen molar-refractivity contribution in [1.82, 2.24) is 10.2 Å². The van der Waals surface area contributed by atoms with Gasteiger partial charge in [0.2, 0.25) is 0 Å². The highest BCUT2D eigenvalue weighted by atomic mass is 35.5. The Morgan fingerprint density at radius 2 is 2.33 bits per heavy atom. The average molecular weight is 313 g/mol. The van der Waals surface area contributed by atoms with E-state index in [1.54, 1.807) is 0 Å². The first-order valence-corrected chi connectivity index (χ1v) is 8.04. The fraction of sp³-hybridized carbons (Fsp3) is 0.625. The Labute approximate surface area is 132 Å². The smallest absolute Gasteiger partial charge is 0.137 e. The van der Waals surface area contributed by atoms with Gasteiger partial charge in [0, 0.05) is 25.7 Å². The minimum Gasteiger partial charge on any atom is -0.492 e. The second-order valence-corrected chi connectivity index (χ2v) is 5.99.